The van der Waals surface area contributed by atoms with Crippen molar-refractivity contribution in [2.75, 3.05) is 19.6 Å². The predicted molar refractivity (Wildman–Crippen MR) is 58.2 cm³/mol. The average molecular weight is 232 g/mol. The fourth-order valence-corrected chi connectivity index (χ4v) is 1.53. The van der Waals surface area contributed by atoms with Gasteiger partial charge in [0.2, 0.25) is 0 Å². The number of nitrogens with zero attached hydrogens (tertiary/aromatic N) is 3. The maximum absolute atomic E-state index is 12.3. The van der Waals surface area contributed by atoms with E-state index in [1.807, 2.05) is 13.1 Å². The van der Waals surface area contributed by atoms with Crippen LogP contribution in [0.3, 0.4) is 0 Å². The van der Waals surface area contributed by atoms with E-state index in [0.29, 0.717) is 19.6 Å². The Morgan fingerprint density at radius 3 is 2.81 bits per heavy atom. The highest BCUT2D eigenvalue weighted by atomic mass is 19.3. The summed E-state index contributed by atoms with van der Waals surface area (Å²) < 4.78 is 26.3. The van der Waals surface area contributed by atoms with Crippen LogP contribution >= 0.6 is 0 Å². The number of alkyl halides is 2. The van der Waals surface area contributed by atoms with E-state index in [9.17, 15) is 8.78 Å². The molecule has 92 valence electrons. The predicted octanol–water partition coefficient (Wildman–Crippen LogP) is 0.929. The zero-order chi connectivity index (χ0) is 12.0. The molecule has 0 aliphatic rings. The molecule has 1 aromatic heterocycles. The molecule has 0 aliphatic carbocycles. The maximum Gasteiger partial charge on any atom is 0.251 e. The monoisotopic (exact) mass is 232 g/mol. The Bertz CT molecular complexity index is 301. The Morgan fingerprint density at radius 1 is 1.56 bits per heavy atom. The fourth-order valence-electron chi connectivity index (χ4n) is 1.53. The van der Waals surface area contributed by atoms with Crippen molar-refractivity contribution in [3.8, 4) is 0 Å². The summed E-state index contributed by atoms with van der Waals surface area (Å²) >= 11 is 0. The Kier molecular flexibility index (Phi) is 5.34. The first kappa shape index (κ1) is 13.1. The van der Waals surface area contributed by atoms with Gasteiger partial charge in [-0.2, -0.15) is 5.10 Å². The molecule has 0 bridgehead atoms. The molecule has 1 rings (SSSR count). The quantitative estimate of drug-likeness (QED) is 0.760. The number of halogens is 2. The van der Waals surface area contributed by atoms with E-state index in [0.717, 1.165) is 12.1 Å². The summed E-state index contributed by atoms with van der Waals surface area (Å²) in [4.78, 5) is 1.64. The van der Waals surface area contributed by atoms with Crippen LogP contribution in [0.5, 0.6) is 0 Å². The van der Waals surface area contributed by atoms with Crippen LogP contribution in [-0.2, 0) is 13.1 Å². The van der Waals surface area contributed by atoms with Gasteiger partial charge in [-0.15, -0.1) is 0 Å². The minimum absolute atomic E-state index is 0.242. The molecule has 0 saturated carbocycles. The maximum atomic E-state index is 12.3. The van der Waals surface area contributed by atoms with Gasteiger partial charge in [-0.3, -0.25) is 9.58 Å². The SMILES string of the molecule is CCn1cc(CN(CCN)CC(F)F)cn1. The summed E-state index contributed by atoms with van der Waals surface area (Å²) in [5.41, 5.74) is 6.32. The van der Waals surface area contributed by atoms with Gasteiger partial charge in [0.05, 0.1) is 12.7 Å². The first-order chi connectivity index (χ1) is 7.65. The highest BCUT2D eigenvalue weighted by Gasteiger charge is 2.12. The standard InChI is InChI=1S/C10H18F2N4/c1-2-16-7-9(5-14-16)6-15(4-3-13)8-10(11)12/h5,7,10H,2-4,6,8,13H2,1H3. The van der Waals surface area contributed by atoms with Crippen LogP contribution in [0.15, 0.2) is 12.4 Å². The lowest BCUT2D eigenvalue weighted by Gasteiger charge is -2.19. The van der Waals surface area contributed by atoms with Gasteiger partial charge in [0.15, 0.2) is 0 Å². The molecule has 0 radical (unpaired) electrons. The molecule has 1 aromatic rings. The van der Waals surface area contributed by atoms with Crippen LogP contribution in [0.1, 0.15) is 12.5 Å². The third-order valence-corrected chi connectivity index (χ3v) is 2.26. The van der Waals surface area contributed by atoms with E-state index in [-0.39, 0.29) is 6.54 Å². The average Bonchev–Trinajstić information content (AvgIpc) is 2.65. The smallest absolute Gasteiger partial charge is 0.251 e. The lowest BCUT2D eigenvalue weighted by molar-refractivity contribution is 0.0862. The molecule has 0 saturated heterocycles. The van der Waals surface area contributed by atoms with E-state index in [1.165, 1.54) is 0 Å². The van der Waals surface area contributed by atoms with Crippen molar-refractivity contribution in [2.45, 2.75) is 26.4 Å². The van der Waals surface area contributed by atoms with Crippen molar-refractivity contribution in [1.82, 2.24) is 14.7 Å². The van der Waals surface area contributed by atoms with E-state index in [1.54, 1.807) is 15.8 Å². The second kappa shape index (κ2) is 6.55. The Balaban J connectivity index is 2.52. The number of hydrogen-bond donors (Lipinski definition) is 1. The van der Waals surface area contributed by atoms with Crippen molar-refractivity contribution in [3.63, 3.8) is 0 Å². The Morgan fingerprint density at radius 2 is 2.31 bits per heavy atom. The molecule has 1 heterocycles. The van der Waals surface area contributed by atoms with Crippen molar-refractivity contribution in [1.29, 1.82) is 0 Å². The van der Waals surface area contributed by atoms with E-state index in [2.05, 4.69) is 5.10 Å². The molecule has 2 N–H and O–H groups in total. The molecule has 6 heteroatoms. The highest BCUT2D eigenvalue weighted by molar-refractivity contribution is 5.03. The number of aryl methyl sites for hydroxylation is 1. The molecule has 0 spiro atoms. The van der Waals surface area contributed by atoms with E-state index >= 15 is 0 Å². The van der Waals surface area contributed by atoms with Crippen LogP contribution in [0.2, 0.25) is 0 Å². The van der Waals surface area contributed by atoms with Crippen LogP contribution in [0.25, 0.3) is 0 Å². The molecule has 0 fully saturated rings. The molecule has 16 heavy (non-hydrogen) atoms. The Labute approximate surface area is 94.0 Å². The summed E-state index contributed by atoms with van der Waals surface area (Å²) in [6, 6.07) is 0. The molecule has 0 aliphatic heterocycles. The van der Waals surface area contributed by atoms with E-state index < -0.39 is 6.43 Å². The van der Waals surface area contributed by atoms with Crippen LogP contribution in [0, 0.1) is 0 Å². The molecule has 4 nitrogen and oxygen atoms in total. The zero-order valence-electron chi connectivity index (χ0n) is 9.44. The van der Waals surface area contributed by atoms with Gasteiger partial charge >= 0.3 is 0 Å². The molecular weight excluding hydrogens is 214 g/mol. The molecule has 0 unspecified atom stereocenters. The normalized spacial score (nSPS) is 11.6. The van der Waals surface area contributed by atoms with Gasteiger partial charge in [-0.1, -0.05) is 0 Å². The summed E-state index contributed by atoms with van der Waals surface area (Å²) in [5, 5.41) is 4.10. The number of nitrogens with two attached hydrogens (primary N) is 1. The molecular formula is C10H18F2N4. The van der Waals surface area contributed by atoms with Crippen LogP contribution in [-0.4, -0.2) is 40.7 Å². The van der Waals surface area contributed by atoms with Crippen molar-refractivity contribution < 1.29 is 8.78 Å². The summed E-state index contributed by atoms with van der Waals surface area (Å²) in [5.74, 6) is 0. The fraction of sp³-hybridized carbons (Fsp3) is 0.700. The minimum Gasteiger partial charge on any atom is -0.329 e. The van der Waals surface area contributed by atoms with Gasteiger partial charge in [-0.05, 0) is 6.92 Å². The minimum atomic E-state index is -2.33. The third-order valence-electron chi connectivity index (χ3n) is 2.26. The van der Waals surface area contributed by atoms with Crippen LogP contribution < -0.4 is 5.73 Å². The Hall–Kier alpha value is -1.01. The van der Waals surface area contributed by atoms with Gasteiger partial charge in [0, 0.05) is 37.9 Å². The summed E-state index contributed by atoms with van der Waals surface area (Å²) in [6.07, 6.45) is 1.25. The second-order valence-electron chi connectivity index (χ2n) is 3.62. The summed E-state index contributed by atoms with van der Waals surface area (Å²) in [6.45, 7) is 3.85. The molecule has 0 atom stereocenters. The molecule has 0 aromatic carbocycles. The number of hydrogen-bond acceptors (Lipinski definition) is 3. The van der Waals surface area contributed by atoms with Crippen molar-refractivity contribution >= 4 is 0 Å². The van der Waals surface area contributed by atoms with Gasteiger partial charge in [0.1, 0.15) is 0 Å². The number of rotatable bonds is 7. The largest absolute Gasteiger partial charge is 0.329 e. The highest BCUT2D eigenvalue weighted by Crippen LogP contribution is 2.06. The van der Waals surface area contributed by atoms with Gasteiger partial charge < -0.3 is 5.73 Å². The first-order valence-electron chi connectivity index (χ1n) is 5.37. The zero-order valence-corrected chi connectivity index (χ0v) is 9.44. The van der Waals surface area contributed by atoms with Crippen LogP contribution in [0.4, 0.5) is 8.78 Å². The summed E-state index contributed by atoms with van der Waals surface area (Å²) in [7, 11) is 0. The second-order valence-corrected chi connectivity index (χ2v) is 3.62. The lowest BCUT2D eigenvalue weighted by atomic mass is 10.3. The first-order valence-corrected chi connectivity index (χ1v) is 5.37. The molecule has 0 amide bonds. The number of aromatic nitrogens is 2. The third kappa shape index (κ3) is 4.24. The van der Waals surface area contributed by atoms with Gasteiger partial charge in [-0.25, -0.2) is 8.78 Å². The van der Waals surface area contributed by atoms with Crippen molar-refractivity contribution in [2.24, 2.45) is 5.73 Å². The lowest BCUT2D eigenvalue weighted by Crippen LogP contribution is -2.33. The van der Waals surface area contributed by atoms with E-state index in [4.69, 9.17) is 5.73 Å². The van der Waals surface area contributed by atoms with Gasteiger partial charge in [0.25, 0.3) is 6.43 Å². The van der Waals surface area contributed by atoms with Crippen molar-refractivity contribution in [3.05, 3.63) is 18.0 Å². The topological polar surface area (TPSA) is 47.1 Å².